The Bertz CT molecular complexity index is 1070. The Labute approximate surface area is 180 Å². The van der Waals surface area contributed by atoms with Gasteiger partial charge in [-0.3, -0.25) is 19.1 Å². The quantitative estimate of drug-likeness (QED) is 0.722. The maximum atomic E-state index is 13.1. The van der Waals surface area contributed by atoms with E-state index in [0.717, 1.165) is 34.0 Å². The van der Waals surface area contributed by atoms with Crippen molar-refractivity contribution in [3.63, 3.8) is 0 Å². The number of benzene rings is 1. The number of hydrogen-bond acceptors (Lipinski definition) is 3. The number of amides is 1. The number of carbonyl (C=O) groups excluding carboxylic acids is 2. The van der Waals surface area contributed by atoms with Crippen molar-refractivity contribution in [1.82, 2.24) is 14.4 Å². The number of fused-ring (bicyclic) bond motifs is 2. The first-order valence-electron chi connectivity index (χ1n) is 10.8. The molecule has 1 aromatic carbocycles. The molecule has 2 aliphatic rings. The third-order valence-corrected chi connectivity index (χ3v) is 6.64. The fourth-order valence-corrected chi connectivity index (χ4v) is 5.10. The number of rotatable bonds is 4. The molecule has 2 atom stereocenters. The van der Waals surface area contributed by atoms with Gasteiger partial charge in [0, 0.05) is 37.5 Å². The van der Waals surface area contributed by atoms with E-state index >= 15 is 0 Å². The fourth-order valence-electron chi connectivity index (χ4n) is 5.10. The van der Waals surface area contributed by atoms with Gasteiger partial charge in [0.15, 0.2) is 0 Å². The Morgan fingerprint density at radius 1 is 1.17 bits per heavy atom. The van der Waals surface area contributed by atoms with Crippen LogP contribution in [0.5, 0.6) is 0 Å². The summed E-state index contributed by atoms with van der Waals surface area (Å²) in [5.41, 5.74) is 4.98. The van der Waals surface area contributed by atoms with Gasteiger partial charge in [0.1, 0.15) is 15.7 Å². The van der Waals surface area contributed by atoms with Crippen LogP contribution in [0.4, 0.5) is 0 Å². The summed E-state index contributed by atoms with van der Waals surface area (Å²) < 4.78 is 1.61. The van der Waals surface area contributed by atoms with Gasteiger partial charge >= 0.3 is 0 Å². The van der Waals surface area contributed by atoms with Gasteiger partial charge in [-0.05, 0) is 55.7 Å². The maximum absolute atomic E-state index is 13.1. The second-order valence-electron chi connectivity index (χ2n) is 8.31. The number of carbonyl (C=O) groups is 2. The van der Waals surface area contributed by atoms with Crippen LogP contribution in [0, 0.1) is 5.92 Å². The molecular formula is C23H27B2N3O2. The minimum absolute atomic E-state index is 0.0397. The number of likely N-dealkylation sites (N-methyl/N-ethyl adjacent to an activating group) is 1. The molecule has 0 saturated carbocycles. The monoisotopic (exact) mass is 399 g/mol. The van der Waals surface area contributed by atoms with E-state index in [0.29, 0.717) is 37.1 Å². The maximum Gasteiger partial charge on any atom is 0.230 e. The van der Waals surface area contributed by atoms with Crippen molar-refractivity contribution in [2.75, 3.05) is 26.7 Å². The highest BCUT2D eigenvalue weighted by Gasteiger charge is 2.38. The molecule has 0 bridgehead atoms. The molecular weight excluding hydrogens is 372 g/mol. The molecule has 1 amide bonds. The molecule has 2 heterocycles. The highest BCUT2D eigenvalue weighted by atomic mass is 16.2. The molecule has 5 nitrogen and oxygen atoms in total. The number of hydrogen-bond donors (Lipinski definition) is 0. The average Bonchev–Trinajstić information content (AvgIpc) is 3.00. The summed E-state index contributed by atoms with van der Waals surface area (Å²) >= 11 is 0. The molecule has 30 heavy (non-hydrogen) atoms. The van der Waals surface area contributed by atoms with E-state index in [1.54, 1.807) is 4.57 Å². The third-order valence-electron chi connectivity index (χ3n) is 6.64. The minimum Gasteiger partial charge on any atom is -0.343 e. The SMILES string of the molecule is [B]c1cc2c3c(c([B])n(C(=O)CC)c3c1)CC1C2=CC(C(=O)N(CC)CC)CN1C. The molecule has 2 unspecified atom stereocenters. The molecule has 1 aromatic heterocycles. The molecule has 0 saturated heterocycles. The van der Waals surface area contributed by atoms with Gasteiger partial charge in [-0.1, -0.05) is 24.5 Å². The first kappa shape index (κ1) is 21.0. The van der Waals surface area contributed by atoms with E-state index in [4.69, 9.17) is 15.7 Å². The van der Waals surface area contributed by atoms with Crippen molar-refractivity contribution in [1.29, 1.82) is 0 Å². The largest absolute Gasteiger partial charge is 0.343 e. The second kappa shape index (κ2) is 7.77. The van der Waals surface area contributed by atoms with Crippen molar-refractivity contribution >= 4 is 55.0 Å². The van der Waals surface area contributed by atoms with Crippen LogP contribution in [-0.4, -0.2) is 74.6 Å². The van der Waals surface area contributed by atoms with Crippen LogP contribution in [0.1, 0.15) is 43.1 Å². The zero-order valence-electron chi connectivity index (χ0n) is 18.2. The van der Waals surface area contributed by atoms with Crippen molar-refractivity contribution < 1.29 is 9.59 Å². The van der Waals surface area contributed by atoms with E-state index in [1.807, 2.05) is 37.8 Å². The molecule has 4 radical (unpaired) electrons. The lowest BCUT2D eigenvalue weighted by atomic mass is 9.76. The van der Waals surface area contributed by atoms with Crippen LogP contribution in [0.2, 0.25) is 0 Å². The van der Waals surface area contributed by atoms with E-state index in [1.165, 1.54) is 0 Å². The van der Waals surface area contributed by atoms with Gasteiger partial charge in [-0.15, -0.1) is 0 Å². The van der Waals surface area contributed by atoms with Crippen LogP contribution in [0.3, 0.4) is 0 Å². The summed E-state index contributed by atoms with van der Waals surface area (Å²) in [6.45, 7) is 7.92. The standard InChI is InChI=1S/C23H27B2N3O2/c1-5-20(29)28-19-10-14(24)9-16-15-8-13(23(30)27(6-2)7-3)12-26(4)18(15)11-17(21(16)19)22(28)25/h8-10,13,18H,5-7,11-12H2,1-4H3. The highest BCUT2D eigenvalue weighted by molar-refractivity contribution is 6.38. The van der Waals surface area contributed by atoms with E-state index in [9.17, 15) is 9.59 Å². The molecule has 7 heteroatoms. The predicted molar refractivity (Wildman–Crippen MR) is 123 cm³/mol. The van der Waals surface area contributed by atoms with Crippen LogP contribution in [-0.2, 0) is 11.2 Å². The van der Waals surface area contributed by atoms with Gasteiger partial charge < -0.3 is 4.90 Å². The number of aromatic nitrogens is 1. The summed E-state index contributed by atoms with van der Waals surface area (Å²) in [7, 11) is 14.8. The van der Waals surface area contributed by atoms with Gasteiger partial charge in [0.25, 0.3) is 0 Å². The highest BCUT2D eigenvalue weighted by Crippen LogP contribution is 2.40. The van der Waals surface area contributed by atoms with Gasteiger partial charge in [0.2, 0.25) is 11.8 Å². The molecule has 1 aliphatic heterocycles. The lowest BCUT2D eigenvalue weighted by Gasteiger charge is -2.40. The smallest absolute Gasteiger partial charge is 0.230 e. The second-order valence-corrected chi connectivity index (χ2v) is 8.31. The van der Waals surface area contributed by atoms with Crippen LogP contribution < -0.4 is 11.1 Å². The van der Waals surface area contributed by atoms with Crippen molar-refractivity contribution in [2.45, 2.75) is 39.7 Å². The van der Waals surface area contributed by atoms with Gasteiger partial charge in [0.05, 0.1) is 11.4 Å². The zero-order valence-corrected chi connectivity index (χ0v) is 18.2. The van der Waals surface area contributed by atoms with Crippen LogP contribution in [0.15, 0.2) is 18.2 Å². The summed E-state index contributed by atoms with van der Waals surface area (Å²) in [6.07, 6.45) is 3.21. The first-order valence-corrected chi connectivity index (χ1v) is 10.8. The first-order chi connectivity index (χ1) is 14.3. The third kappa shape index (κ3) is 3.06. The molecule has 1 aliphatic carbocycles. The topological polar surface area (TPSA) is 45.6 Å². The van der Waals surface area contributed by atoms with Gasteiger partial charge in [-0.25, -0.2) is 0 Å². The molecule has 4 rings (SSSR count). The van der Waals surface area contributed by atoms with Crippen molar-refractivity contribution in [2.24, 2.45) is 5.92 Å². The van der Waals surface area contributed by atoms with E-state index in [2.05, 4.69) is 18.0 Å². The lowest BCUT2D eigenvalue weighted by Crippen LogP contribution is -2.48. The molecule has 0 spiro atoms. The summed E-state index contributed by atoms with van der Waals surface area (Å²) in [5, 5.41) is 0.996. The normalized spacial score (nSPS) is 20.7. The van der Waals surface area contributed by atoms with Crippen LogP contribution >= 0.6 is 0 Å². The molecule has 0 N–H and O–H groups in total. The predicted octanol–water partition coefficient (Wildman–Crippen LogP) is 1.02. The minimum atomic E-state index is -0.198. The summed E-state index contributed by atoms with van der Waals surface area (Å²) in [4.78, 5) is 29.8. The van der Waals surface area contributed by atoms with Crippen molar-refractivity contribution in [3.05, 3.63) is 29.3 Å². The molecule has 2 aromatic rings. The molecule has 152 valence electrons. The summed E-state index contributed by atoms with van der Waals surface area (Å²) in [6, 6.07) is 3.90. The average molecular weight is 399 g/mol. The number of nitrogens with zero attached hydrogens (tertiary/aromatic N) is 3. The van der Waals surface area contributed by atoms with E-state index in [-0.39, 0.29) is 23.8 Å². The van der Waals surface area contributed by atoms with Crippen molar-refractivity contribution in [3.8, 4) is 0 Å². The lowest BCUT2D eigenvalue weighted by molar-refractivity contribution is -0.134. The Balaban J connectivity index is 1.92. The Hall–Kier alpha value is -2.27. The Morgan fingerprint density at radius 3 is 2.50 bits per heavy atom. The Kier molecular flexibility index (Phi) is 5.43. The zero-order chi connectivity index (χ0) is 21.7. The van der Waals surface area contributed by atoms with Gasteiger partial charge in [-0.2, -0.15) is 0 Å². The molecule has 0 fully saturated rings. The van der Waals surface area contributed by atoms with Crippen LogP contribution in [0.25, 0.3) is 16.5 Å². The Morgan fingerprint density at radius 2 is 1.87 bits per heavy atom. The summed E-state index contributed by atoms with van der Waals surface area (Å²) in [5.74, 6) is -0.0834. The fraction of sp³-hybridized carbons (Fsp3) is 0.478. The van der Waals surface area contributed by atoms with E-state index < -0.39 is 0 Å².